The Hall–Kier alpha value is -0.570. The van der Waals surface area contributed by atoms with Crippen LogP contribution in [0.5, 0.6) is 0 Å². The molecule has 2 aliphatic rings. The molecular formula is C16H30N2O. The average molecular weight is 266 g/mol. The summed E-state index contributed by atoms with van der Waals surface area (Å²) in [5.41, 5.74) is 0. The molecule has 1 N–H and O–H groups in total. The molecule has 3 heteroatoms. The molecule has 110 valence electrons. The molecule has 2 rings (SSSR count). The van der Waals surface area contributed by atoms with E-state index in [4.69, 9.17) is 0 Å². The fraction of sp³-hybridized carbons (Fsp3) is 0.938. The summed E-state index contributed by atoms with van der Waals surface area (Å²) in [4.78, 5) is 14.0. The summed E-state index contributed by atoms with van der Waals surface area (Å²) in [6.07, 6.45) is 11.7. The first-order chi connectivity index (χ1) is 9.29. The van der Waals surface area contributed by atoms with E-state index >= 15 is 0 Å². The molecular weight excluding hydrogens is 236 g/mol. The quantitative estimate of drug-likeness (QED) is 0.776. The molecule has 0 spiro atoms. The van der Waals surface area contributed by atoms with E-state index < -0.39 is 0 Å². The zero-order valence-corrected chi connectivity index (χ0v) is 12.5. The van der Waals surface area contributed by atoms with Crippen LogP contribution in [0.2, 0.25) is 0 Å². The smallest absolute Gasteiger partial charge is 0.236 e. The van der Waals surface area contributed by atoms with Crippen LogP contribution in [0.15, 0.2) is 0 Å². The third-order valence-corrected chi connectivity index (χ3v) is 4.79. The molecule has 2 fully saturated rings. The SMILES string of the molecule is CCCC1CCCC(NCC(=O)N2CCCC2)CC1. The van der Waals surface area contributed by atoms with Crippen molar-refractivity contribution in [2.75, 3.05) is 19.6 Å². The van der Waals surface area contributed by atoms with Crippen molar-refractivity contribution in [1.82, 2.24) is 10.2 Å². The van der Waals surface area contributed by atoms with Crippen LogP contribution < -0.4 is 5.32 Å². The Bertz CT molecular complexity index is 274. The number of carbonyl (C=O) groups is 1. The van der Waals surface area contributed by atoms with Gasteiger partial charge in [0.15, 0.2) is 0 Å². The molecule has 0 bridgehead atoms. The minimum Gasteiger partial charge on any atom is -0.342 e. The molecule has 1 amide bonds. The van der Waals surface area contributed by atoms with Crippen molar-refractivity contribution in [2.45, 2.75) is 70.8 Å². The molecule has 19 heavy (non-hydrogen) atoms. The molecule has 1 heterocycles. The summed E-state index contributed by atoms with van der Waals surface area (Å²) in [6.45, 7) is 4.80. The number of hydrogen-bond donors (Lipinski definition) is 1. The van der Waals surface area contributed by atoms with Gasteiger partial charge in [-0.15, -0.1) is 0 Å². The highest BCUT2D eigenvalue weighted by Gasteiger charge is 2.21. The summed E-state index contributed by atoms with van der Waals surface area (Å²) in [5.74, 6) is 1.25. The largest absolute Gasteiger partial charge is 0.342 e. The lowest BCUT2D eigenvalue weighted by molar-refractivity contribution is -0.129. The fourth-order valence-corrected chi connectivity index (χ4v) is 3.59. The predicted octanol–water partition coefficient (Wildman–Crippen LogP) is 2.95. The molecule has 1 saturated heterocycles. The van der Waals surface area contributed by atoms with Crippen molar-refractivity contribution in [3.05, 3.63) is 0 Å². The van der Waals surface area contributed by atoms with Crippen LogP contribution in [0.3, 0.4) is 0 Å². The Balaban J connectivity index is 1.66. The van der Waals surface area contributed by atoms with Crippen LogP contribution in [-0.4, -0.2) is 36.5 Å². The lowest BCUT2D eigenvalue weighted by atomic mass is 9.95. The fourth-order valence-electron chi connectivity index (χ4n) is 3.59. The maximum absolute atomic E-state index is 12.0. The second kappa shape index (κ2) is 7.88. The number of likely N-dealkylation sites (tertiary alicyclic amines) is 1. The molecule has 0 aromatic heterocycles. The van der Waals surface area contributed by atoms with E-state index in [1.54, 1.807) is 0 Å². The maximum Gasteiger partial charge on any atom is 0.236 e. The van der Waals surface area contributed by atoms with Gasteiger partial charge >= 0.3 is 0 Å². The molecule has 2 unspecified atom stereocenters. The van der Waals surface area contributed by atoms with Crippen LogP contribution in [0.4, 0.5) is 0 Å². The van der Waals surface area contributed by atoms with E-state index in [1.165, 1.54) is 57.8 Å². The average Bonchev–Trinajstić information content (AvgIpc) is 2.86. The Morgan fingerprint density at radius 1 is 1.11 bits per heavy atom. The van der Waals surface area contributed by atoms with E-state index in [0.717, 1.165) is 19.0 Å². The summed E-state index contributed by atoms with van der Waals surface area (Å²) in [7, 11) is 0. The third-order valence-electron chi connectivity index (χ3n) is 4.79. The van der Waals surface area contributed by atoms with Gasteiger partial charge in [0.2, 0.25) is 5.91 Å². The maximum atomic E-state index is 12.0. The van der Waals surface area contributed by atoms with Gasteiger partial charge in [-0.1, -0.05) is 32.6 Å². The first-order valence-corrected chi connectivity index (χ1v) is 8.30. The van der Waals surface area contributed by atoms with Crippen molar-refractivity contribution in [1.29, 1.82) is 0 Å². The number of hydrogen-bond acceptors (Lipinski definition) is 2. The summed E-state index contributed by atoms with van der Waals surface area (Å²) < 4.78 is 0. The third kappa shape index (κ3) is 4.79. The highest BCUT2D eigenvalue weighted by molar-refractivity contribution is 5.78. The number of carbonyl (C=O) groups excluding carboxylic acids is 1. The van der Waals surface area contributed by atoms with E-state index in [0.29, 0.717) is 18.5 Å². The van der Waals surface area contributed by atoms with Gasteiger partial charge in [0, 0.05) is 19.1 Å². The Labute approximate surface area is 118 Å². The second-order valence-corrected chi connectivity index (χ2v) is 6.33. The number of nitrogens with one attached hydrogen (secondary N) is 1. The molecule has 2 atom stereocenters. The Kier molecular flexibility index (Phi) is 6.15. The summed E-state index contributed by atoms with van der Waals surface area (Å²) in [5, 5.41) is 3.51. The van der Waals surface area contributed by atoms with Gasteiger partial charge in [-0.25, -0.2) is 0 Å². The Morgan fingerprint density at radius 3 is 2.63 bits per heavy atom. The summed E-state index contributed by atoms with van der Waals surface area (Å²) in [6, 6.07) is 0.577. The van der Waals surface area contributed by atoms with Crippen molar-refractivity contribution in [3.63, 3.8) is 0 Å². The van der Waals surface area contributed by atoms with Gasteiger partial charge in [0.05, 0.1) is 6.54 Å². The standard InChI is InChI=1S/C16H30N2O/c1-2-6-14-7-5-8-15(10-9-14)17-13-16(19)18-11-3-4-12-18/h14-15,17H,2-13H2,1H3. The zero-order valence-electron chi connectivity index (χ0n) is 12.5. The molecule has 0 radical (unpaired) electrons. The van der Waals surface area contributed by atoms with Crippen molar-refractivity contribution in [3.8, 4) is 0 Å². The highest BCUT2D eigenvalue weighted by atomic mass is 16.2. The van der Waals surface area contributed by atoms with Crippen LogP contribution in [0.1, 0.15) is 64.7 Å². The Morgan fingerprint density at radius 2 is 1.89 bits per heavy atom. The van der Waals surface area contributed by atoms with Gasteiger partial charge in [-0.2, -0.15) is 0 Å². The minimum atomic E-state index is 0.312. The minimum absolute atomic E-state index is 0.312. The monoisotopic (exact) mass is 266 g/mol. The van der Waals surface area contributed by atoms with E-state index in [-0.39, 0.29) is 0 Å². The van der Waals surface area contributed by atoms with E-state index in [2.05, 4.69) is 12.2 Å². The van der Waals surface area contributed by atoms with Crippen molar-refractivity contribution < 1.29 is 4.79 Å². The number of rotatable bonds is 5. The molecule has 0 aromatic rings. The van der Waals surface area contributed by atoms with Gasteiger partial charge in [-0.05, 0) is 38.0 Å². The lowest BCUT2D eigenvalue weighted by Gasteiger charge is -2.20. The number of amides is 1. The topological polar surface area (TPSA) is 32.3 Å². The predicted molar refractivity (Wildman–Crippen MR) is 79.1 cm³/mol. The normalized spacial score (nSPS) is 28.4. The van der Waals surface area contributed by atoms with Crippen molar-refractivity contribution >= 4 is 5.91 Å². The van der Waals surface area contributed by atoms with E-state index in [9.17, 15) is 4.79 Å². The van der Waals surface area contributed by atoms with Crippen LogP contribution >= 0.6 is 0 Å². The van der Waals surface area contributed by atoms with Crippen molar-refractivity contribution in [2.24, 2.45) is 5.92 Å². The molecule has 1 aliphatic carbocycles. The summed E-state index contributed by atoms with van der Waals surface area (Å²) >= 11 is 0. The van der Waals surface area contributed by atoms with Gasteiger partial charge < -0.3 is 10.2 Å². The highest BCUT2D eigenvalue weighted by Crippen LogP contribution is 2.26. The lowest BCUT2D eigenvalue weighted by Crippen LogP contribution is -2.40. The van der Waals surface area contributed by atoms with Gasteiger partial charge in [0.25, 0.3) is 0 Å². The van der Waals surface area contributed by atoms with Crippen LogP contribution in [0, 0.1) is 5.92 Å². The first kappa shape index (κ1) is 14.8. The second-order valence-electron chi connectivity index (χ2n) is 6.33. The van der Waals surface area contributed by atoms with Gasteiger partial charge in [0.1, 0.15) is 0 Å². The molecule has 1 saturated carbocycles. The molecule has 3 nitrogen and oxygen atoms in total. The molecule has 0 aromatic carbocycles. The molecule has 1 aliphatic heterocycles. The van der Waals surface area contributed by atoms with Crippen LogP contribution in [0.25, 0.3) is 0 Å². The number of nitrogens with zero attached hydrogens (tertiary/aromatic N) is 1. The zero-order chi connectivity index (χ0) is 13.5. The van der Waals surface area contributed by atoms with Gasteiger partial charge in [-0.3, -0.25) is 4.79 Å². The van der Waals surface area contributed by atoms with Crippen LogP contribution in [-0.2, 0) is 4.79 Å². The van der Waals surface area contributed by atoms with E-state index in [1.807, 2.05) is 4.90 Å². The first-order valence-electron chi connectivity index (χ1n) is 8.30.